The van der Waals surface area contributed by atoms with Crippen molar-refractivity contribution in [3.63, 3.8) is 0 Å². The first-order valence-electron chi connectivity index (χ1n) is 6.53. The highest BCUT2D eigenvalue weighted by Gasteiger charge is 2.10. The molecule has 0 bridgehead atoms. The van der Waals surface area contributed by atoms with Crippen molar-refractivity contribution < 1.29 is 5.11 Å². The molecule has 1 aromatic heterocycles. The van der Waals surface area contributed by atoms with Gasteiger partial charge in [0.25, 0.3) is 0 Å². The van der Waals surface area contributed by atoms with Gasteiger partial charge in [-0.1, -0.05) is 13.3 Å². The summed E-state index contributed by atoms with van der Waals surface area (Å²) in [6.45, 7) is 9.39. The molecule has 4 nitrogen and oxygen atoms in total. The van der Waals surface area contributed by atoms with Crippen LogP contribution in [-0.4, -0.2) is 39.3 Å². The molecule has 0 amide bonds. The minimum Gasteiger partial charge on any atom is -0.395 e. The molecular weight excluding hydrogens is 214 g/mol. The molecule has 4 heteroatoms. The van der Waals surface area contributed by atoms with Crippen molar-refractivity contribution in [2.75, 3.05) is 19.7 Å². The zero-order valence-electron chi connectivity index (χ0n) is 11.3. The predicted octanol–water partition coefficient (Wildman–Crippen LogP) is 2.06. The van der Waals surface area contributed by atoms with E-state index in [4.69, 9.17) is 5.11 Å². The molecule has 0 fully saturated rings. The molecule has 1 N–H and O–H groups in total. The van der Waals surface area contributed by atoms with Crippen LogP contribution in [0.1, 0.15) is 45.3 Å². The average molecular weight is 239 g/mol. The molecule has 0 aliphatic heterocycles. The monoisotopic (exact) mass is 239 g/mol. The molecule has 0 unspecified atom stereocenters. The van der Waals surface area contributed by atoms with Gasteiger partial charge in [-0.2, -0.15) is 0 Å². The van der Waals surface area contributed by atoms with E-state index in [0.717, 1.165) is 19.6 Å². The van der Waals surface area contributed by atoms with Crippen LogP contribution in [0.4, 0.5) is 0 Å². The van der Waals surface area contributed by atoms with Crippen LogP contribution in [0.15, 0.2) is 12.5 Å². The molecule has 0 aliphatic carbocycles. The van der Waals surface area contributed by atoms with Crippen LogP contribution in [0.3, 0.4) is 0 Å². The standard InChI is InChI=1S/C13H25N3O/c1-4-5-6-15(7-8-17)10-13-9-14-11-16(13)12(2)3/h9,11-12,17H,4-8,10H2,1-3H3. The van der Waals surface area contributed by atoms with Gasteiger partial charge < -0.3 is 9.67 Å². The van der Waals surface area contributed by atoms with E-state index in [1.54, 1.807) is 0 Å². The zero-order chi connectivity index (χ0) is 12.7. The van der Waals surface area contributed by atoms with Crippen molar-refractivity contribution in [2.45, 2.75) is 46.2 Å². The minimum atomic E-state index is 0.222. The molecule has 0 saturated heterocycles. The highest BCUT2D eigenvalue weighted by Crippen LogP contribution is 2.11. The smallest absolute Gasteiger partial charge is 0.0951 e. The Morgan fingerprint density at radius 3 is 2.76 bits per heavy atom. The Hall–Kier alpha value is -0.870. The maximum absolute atomic E-state index is 9.08. The molecule has 0 spiro atoms. The number of nitrogens with zero attached hydrogens (tertiary/aromatic N) is 3. The molecule has 0 aliphatic rings. The van der Waals surface area contributed by atoms with E-state index in [0.29, 0.717) is 6.04 Å². The predicted molar refractivity (Wildman–Crippen MR) is 69.9 cm³/mol. The van der Waals surface area contributed by atoms with Crippen LogP contribution in [0, 0.1) is 0 Å². The minimum absolute atomic E-state index is 0.222. The first kappa shape index (κ1) is 14.2. The quantitative estimate of drug-likeness (QED) is 0.755. The van der Waals surface area contributed by atoms with E-state index in [-0.39, 0.29) is 6.61 Å². The summed E-state index contributed by atoms with van der Waals surface area (Å²) in [5.74, 6) is 0. The lowest BCUT2D eigenvalue weighted by Gasteiger charge is -2.22. The summed E-state index contributed by atoms with van der Waals surface area (Å²) in [6, 6.07) is 0.439. The highest BCUT2D eigenvalue weighted by atomic mass is 16.3. The third-order valence-corrected chi connectivity index (χ3v) is 2.93. The number of imidazole rings is 1. The molecule has 1 aromatic rings. The topological polar surface area (TPSA) is 41.3 Å². The molecule has 17 heavy (non-hydrogen) atoms. The number of hydrogen-bond donors (Lipinski definition) is 1. The van der Waals surface area contributed by atoms with Gasteiger partial charge in [0.05, 0.1) is 18.6 Å². The molecule has 0 radical (unpaired) electrons. The number of aliphatic hydroxyl groups is 1. The molecule has 1 heterocycles. The van der Waals surface area contributed by atoms with Crippen LogP contribution in [0.25, 0.3) is 0 Å². The van der Waals surface area contributed by atoms with Crippen molar-refractivity contribution in [3.05, 3.63) is 18.2 Å². The number of unbranched alkanes of at least 4 members (excludes halogenated alkanes) is 1. The molecule has 1 rings (SSSR count). The second-order valence-corrected chi connectivity index (χ2v) is 4.74. The van der Waals surface area contributed by atoms with Crippen LogP contribution in [0.2, 0.25) is 0 Å². The first-order chi connectivity index (χ1) is 8.19. The van der Waals surface area contributed by atoms with Gasteiger partial charge in [0, 0.05) is 25.3 Å². The maximum Gasteiger partial charge on any atom is 0.0951 e. The fourth-order valence-electron chi connectivity index (χ4n) is 1.94. The van der Waals surface area contributed by atoms with Crippen LogP contribution in [-0.2, 0) is 6.54 Å². The number of rotatable bonds is 8. The summed E-state index contributed by atoms with van der Waals surface area (Å²) in [5.41, 5.74) is 1.23. The number of hydrogen-bond acceptors (Lipinski definition) is 3. The fourth-order valence-corrected chi connectivity index (χ4v) is 1.94. The Balaban J connectivity index is 2.61. The summed E-state index contributed by atoms with van der Waals surface area (Å²) in [5, 5.41) is 9.08. The van der Waals surface area contributed by atoms with Crippen LogP contribution in [0.5, 0.6) is 0 Å². The summed E-state index contributed by atoms with van der Waals surface area (Å²) >= 11 is 0. The van der Waals surface area contributed by atoms with Gasteiger partial charge in [0.2, 0.25) is 0 Å². The summed E-state index contributed by atoms with van der Waals surface area (Å²) < 4.78 is 2.19. The Kier molecular flexibility index (Phi) is 6.22. The van der Waals surface area contributed by atoms with Crippen molar-refractivity contribution in [1.82, 2.24) is 14.5 Å². The number of aliphatic hydroxyl groups excluding tert-OH is 1. The zero-order valence-corrected chi connectivity index (χ0v) is 11.3. The van der Waals surface area contributed by atoms with Gasteiger partial charge in [-0.05, 0) is 26.8 Å². The normalized spacial score (nSPS) is 11.6. The Morgan fingerprint density at radius 2 is 2.18 bits per heavy atom. The number of aromatic nitrogens is 2. The second-order valence-electron chi connectivity index (χ2n) is 4.74. The summed E-state index contributed by atoms with van der Waals surface area (Å²) in [6.07, 6.45) is 6.18. The van der Waals surface area contributed by atoms with Crippen molar-refractivity contribution in [3.8, 4) is 0 Å². The van der Waals surface area contributed by atoms with E-state index in [9.17, 15) is 0 Å². The van der Waals surface area contributed by atoms with Crippen LogP contribution >= 0.6 is 0 Å². The molecular formula is C13H25N3O. The van der Waals surface area contributed by atoms with Crippen LogP contribution < -0.4 is 0 Å². The molecule has 0 saturated carbocycles. The van der Waals surface area contributed by atoms with E-state index in [2.05, 4.69) is 35.2 Å². The largest absolute Gasteiger partial charge is 0.395 e. The lowest BCUT2D eigenvalue weighted by Crippen LogP contribution is -2.28. The van der Waals surface area contributed by atoms with E-state index < -0.39 is 0 Å². The average Bonchev–Trinajstić information content (AvgIpc) is 2.74. The van der Waals surface area contributed by atoms with Crippen molar-refractivity contribution in [1.29, 1.82) is 0 Å². The van der Waals surface area contributed by atoms with Crippen molar-refractivity contribution >= 4 is 0 Å². The van der Waals surface area contributed by atoms with E-state index in [1.807, 2.05) is 12.5 Å². The van der Waals surface area contributed by atoms with Gasteiger partial charge in [-0.3, -0.25) is 4.90 Å². The third kappa shape index (κ3) is 4.48. The summed E-state index contributed by atoms with van der Waals surface area (Å²) in [4.78, 5) is 6.50. The highest BCUT2D eigenvalue weighted by molar-refractivity contribution is 4.99. The van der Waals surface area contributed by atoms with Gasteiger partial charge in [0.15, 0.2) is 0 Å². The fraction of sp³-hybridized carbons (Fsp3) is 0.769. The molecule has 0 atom stereocenters. The second kappa shape index (κ2) is 7.45. The van der Waals surface area contributed by atoms with Gasteiger partial charge in [0.1, 0.15) is 0 Å². The lowest BCUT2D eigenvalue weighted by molar-refractivity contribution is 0.185. The third-order valence-electron chi connectivity index (χ3n) is 2.93. The molecule has 0 aromatic carbocycles. The van der Waals surface area contributed by atoms with Gasteiger partial charge in [-0.25, -0.2) is 4.98 Å². The Labute approximate surface area is 104 Å². The van der Waals surface area contributed by atoms with E-state index >= 15 is 0 Å². The Bertz CT molecular complexity index is 309. The lowest BCUT2D eigenvalue weighted by atomic mass is 10.3. The van der Waals surface area contributed by atoms with Gasteiger partial charge >= 0.3 is 0 Å². The molecule has 98 valence electrons. The van der Waals surface area contributed by atoms with Crippen molar-refractivity contribution in [2.24, 2.45) is 0 Å². The maximum atomic E-state index is 9.08. The first-order valence-corrected chi connectivity index (χ1v) is 6.53. The SMILES string of the molecule is CCCCN(CCO)Cc1cncn1C(C)C. The van der Waals surface area contributed by atoms with Gasteiger partial charge in [-0.15, -0.1) is 0 Å². The van der Waals surface area contributed by atoms with E-state index in [1.165, 1.54) is 18.5 Å². The summed E-state index contributed by atoms with van der Waals surface area (Å²) in [7, 11) is 0. The Morgan fingerprint density at radius 1 is 1.41 bits per heavy atom.